The Kier molecular flexibility index (Phi) is 6.88. The number of nitrogens with one attached hydrogen (secondary N) is 1. The Labute approximate surface area is 119 Å². The minimum Gasteiger partial charge on any atom is -0.488 e. The molecule has 0 fully saturated rings. The number of likely N-dealkylation sites (N-methyl/N-ethyl adjacent to an activating group) is 1. The number of hydrogen-bond donors (Lipinski definition) is 2. The summed E-state index contributed by atoms with van der Waals surface area (Å²) in [7, 11) is 0. The van der Waals surface area contributed by atoms with Crippen molar-refractivity contribution < 1.29 is 18.6 Å². The maximum absolute atomic E-state index is 13.3. The lowest BCUT2D eigenvalue weighted by Crippen LogP contribution is -2.45. The molecule has 1 atom stereocenters. The van der Waals surface area contributed by atoms with Crippen molar-refractivity contribution in [3.8, 4) is 5.75 Å². The molecule has 0 aliphatic heterocycles. The summed E-state index contributed by atoms with van der Waals surface area (Å²) in [4.78, 5) is 0. The molecule has 0 saturated carbocycles. The molecule has 0 amide bonds. The summed E-state index contributed by atoms with van der Waals surface area (Å²) in [6, 6.07) is 3.65. The summed E-state index contributed by atoms with van der Waals surface area (Å²) in [5.74, 6) is -1.68. The molecule has 0 bridgehead atoms. The normalized spacial score (nSPS) is 14.1. The average molecular weight is 287 g/mol. The second-order valence-corrected chi connectivity index (χ2v) is 5.11. The number of halogens is 2. The highest BCUT2D eigenvalue weighted by Crippen LogP contribution is 2.21. The third kappa shape index (κ3) is 5.06. The first-order valence-corrected chi connectivity index (χ1v) is 6.95. The van der Waals surface area contributed by atoms with Gasteiger partial charge in [0.15, 0.2) is 17.4 Å². The Morgan fingerprint density at radius 1 is 1.25 bits per heavy atom. The van der Waals surface area contributed by atoms with Crippen molar-refractivity contribution in [2.75, 3.05) is 19.8 Å². The lowest BCUT2D eigenvalue weighted by atomic mass is 9.96. The number of para-hydroxylation sites is 1. The van der Waals surface area contributed by atoms with E-state index in [0.717, 1.165) is 19.4 Å². The highest BCUT2D eigenvalue weighted by atomic mass is 19.1. The van der Waals surface area contributed by atoms with Crippen molar-refractivity contribution in [2.45, 2.75) is 38.6 Å². The van der Waals surface area contributed by atoms with Crippen LogP contribution in [0.3, 0.4) is 0 Å². The summed E-state index contributed by atoms with van der Waals surface area (Å²) in [6.07, 6.45) is 2.26. The zero-order valence-corrected chi connectivity index (χ0v) is 12.1. The zero-order valence-electron chi connectivity index (χ0n) is 12.1. The van der Waals surface area contributed by atoms with Crippen LogP contribution in [0.15, 0.2) is 18.2 Å². The van der Waals surface area contributed by atoms with E-state index >= 15 is 0 Å². The maximum Gasteiger partial charge on any atom is 0.190 e. The molecule has 0 saturated heterocycles. The van der Waals surface area contributed by atoms with Gasteiger partial charge >= 0.3 is 0 Å². The molecule has 1 unspecified atom stereocenters. The van der Waals surface area contributed by atoms with Gasteiger partial charge < -0.3 is 15.2 Å². The Morgan fingerprint density at radius 3 is 2.45 bits per heavy atom. The average Bonchev–Trinajstić information content (AvgIpc) is 2.41. The first kappa shape index (κ1) is 16.9. The summed E-state index contributed by atoms with van der Waals surface area (Å²) in [6.45, 7) is 5.04. The minimum atomic E-state index is -0.683. The summed E-state index contributed by atoms with van der Waals surface area (Å²) >= 11 is 0. The third-order valence-corrected chi connectivity index (χ3v) is 3.24. The van der Waals surface area contributed by atoms with Crippen LogP contribution in [0.1, 0.15) is 33.1 Å². The van der Waals surface area contributed by atoms with Crippen molar-refractivity contribution in [2.24, 2.45) is 0 Å². The number of aliphatic hydroxyl groups excluding tert-OH is 1. The van der Waals surface area contributed by atoms with Gasteiger partial charge in [-0.1, -0.05) is 13.0 Å². The molecule has 0 aliphatic carbocycles. The predicted octanol–water partition coefficient (Wildman–Crippen LogP) is 2.87. The molecule has 0 radical (unpaired) electrons. The van der Waals surface area contributed by atoms with Crippen LogP contribution in [0, 0.1) is 11.6 Å². The molecule has 1 aromatic rings. The molecule has 0 aliphatic rings. The Bertz CT molecular complexity index is 395. The monoisotopic (exact) mass is 287 g/mol. The van der Waals surface area contributed by atoms with Gasteiger partial charge in [-0.05, 0) is 44.9 Å². The van der Waals surface area contributed by atoms with E-state index in [4.69, 9.17) is 4.74 Å². The van der Waals surface area contributed by atoms with Crippen LogP contribution < -0.4 is 10.1 Å². The van der Waals surface area contributed by atoms with Gasteiger partial charge in [-0.15, -0.1) is 0 Å². The van der Waals surface area contributed by atoms with Crippen LogP contribution in [-0.4, -0.2) is 30.4 Å². The van der Waals surface area contributed by atoms with Crippen molar-refractivity contribution in [1.29, 1.82) is 0 Å². The molecule has 3 nitrogen and oxygen atoms in total. The molecular formula is C15H23F2NO2. The quantitative estimate of drug-likeness (QED) is 0.686. The van der Waals surface area contributed by atoms with Gasteiger partial charge in [-0.25, -0.2) is 8.78 Å². The highest BCUT2D eigenvalue weighted by Gasteiger charge is 2.20. The highest BCUT2D eigenvalue weighted by molar-refractivity contribution is 5.25. The van der Waals surface area contributed by atoms with Gasteiger partial charge in [0.1, 0.15) is 0 Å². The van der Waals surface area contributed by atoms with Crippen molar-refractivity contribution >= 4 is 0 Å². The number of rotatable bonds is 9. The van der Waals surface area contributed by atoms with E-state index in [1.54, 1.807) is 0 Å². The van der Waals surface area contributed by atoms with Gasteiger partial charge in [0.25, 0.3) is 0 Å². The van der Waals surface area contributed by atoms with Crippen molar-refractivity contribution in [1.82, 2.24) is 5.32 Å². The van der Waals surface area contributed by atoms with Crippen LogP contribution >= 0.6 is 0 Å². The second-order valence-electron chi connectivity index (χ2n) is 5.11. The van der Waals surface area contributed by atoms with Gasteiger partial charge in [0, 0.05) is 5.54 Å². The molecule has 1 rings (SSSR count). The number of unbranched alkanes of at least 4 members (excludes halogenated alkanes) is 1. The second kappa shape index (κ2) is 8.17. The van der Waals surface area contributed by atoms with Crippen LogP contribution in [0.25, 0.3) is 0 Å². The maximum atomic E-state index is 13.3. The van der Waals surface area contributed by atoms with Gasteiger partial charge in [0.05, 0.1) is 13.2 Å². The molecule has 0 heterocycles. The zero-order chi connectivity index (χ0) is 15.0. The number of benzene rings is 1. The van der Waals surface area contributed by atoms with E-state index in [1.165, 1.54) is 18.2 Å². The number of ether oxygens (including phenoxy) is 1. The van der Waals surface area contributed by atoms with Crippen molar-refractivity contribution in [3.05, 3.63) is 29.8 Å². The molecular weight excluding hydrogens is 264 g/mol. The van der Waals surface area contributed by atoms with E-state index < -0.39 is 11.6 Å². The fourth-order valence-electron chi connectivity index (χ4n) is 2.06. The molecule has 0 aromatic heterocycles. The van der Waals surface area contributed by atoms with Crippen molar-refractivity contribution in [3.63, 3.8) is 0 Å². The van der Waals surface area contributed by atoms with E-state index in [1.807, 2.05) is 13.8 Å². The number of hydrogen-bond acceptors (Lipinski definition) is 3. The SMILES string of the molecule is CCNC(C)(CO)CCCCOc1c(F)cccc1F. The largest absolute Gasteiger partial charge is 0.488 e. The first-order chi connectivity index (χ1) is 9.52. The van der Waals surface area contributed by atoms with E-state index in [2.05, 4.69) is 5.32 Å². The van der Waals surface area contributed by atoms with Gasteiger partial charge in [-0.3, -0.25) is 0 Å². The smallest absolute Gasteiger partial charge is 0.190 e. The summed E-state index contributed by atoms with van der Waals surface area (Å²) in [5.41, 5.74) is -0.308. The standard InChI is InChI=1S/C15H23F2NO2/c1-3-18-15(2,11-19)9-4-5-10-20-14-12(16)7-6-8-13(14)17/h6-8,18-19H,3-5,9-11H2,1-2H3. The Morgan fingerprint density at radius 2 is 1.90 bits per heavy atom. The van der Waals surface area contributed by atoms with Crippen LogP contribution in [0.4, 0.5) is 8.78 Å². The van der Waals surface area contributed by atoms with Crippen LogP contribution in [0.2, 0.25) is 0 Å². The van der Waals surface area contributed by atoms with Crippen LogP contribution in [0.5, 0.6) is 5.75 Å². The van der Waals surface area contributed by atoms with Crippen LogP contribution in [-0.2, 0) is 0 Å². The van der Waals surface area contributed by atoms with E-state index in [-0.39, 0.29) is 24.5 Å². The predicted molar refractivity (Wildman–Crippen MR) is 74.9 cm³/mol. The molecule has 0 spiro atoms. The Hall–Kier alpha value is -1.20. The van der Waals surface area contributed by atoms with Gasteiger partial charge in [0.2, 0.25) is 0 Å². The molecule has 1 aromatic carbocycles. The number of aliphatic hydroxyl groups is 1. The van der Waals surface area contributed by atoms with E-state index in [0.29, 0.717) is 6.42 Å². The first-order valence-electron chi connectivity index (χ1n) is 6.95. The molecule has 5 heteroatoms. The summed E-state index contributed by atoms with van der Waals surface area (Å²) < 4.78 is 31.7. The lowest BCUT2D eigenvalue weighted by Gasteiger charge is -2.28. The summed E-state index contributed by atoms with van der Waals surface area (Å²) in [5, 5.41) is 12.6. The minimum absolute atomic E-state index is 0.0592. The van der Waals surface area contributed by atoms with E-state index in [9.17, 15) is 13.9 Å². The van der Waals surface area contributed by atoms with Gasteiger partial charge in [-0.2, -0.15) is 0 Å². The molecule has 2 N–H and O–H groups in total. The molecule has 114 valence electrons. The fourth-order valence-corrected chi connectivity index (χ4v) is 2.06. The fraction of sp³-hybridized carbons (Fsp3) is 0.600. The Balaban J connectivity index is 2.32. The molecule has 20 heavy (non-hydrogen) atoms. The topological polar surface area (TPSA) is 41.5 Å². The third-order valence-electron chi connectivity index (χ3n) is 3.24. The lowest BCUT2D eigenvalue weighted by molar-refractivity contribution is 0.162.